The summed E-state index contributed by atoms with van der Waals surface area (Å²) in [7, 11) is 0. The van der Waals surface area contributed by atoms with Gasteiger partial charge in [-0.05, 0) is 48.6 Å². The summed E-state index contributed by atoms with van der Waals surface area (Å²) in [6, 6.07) is 14.4. The Labute approximate surface area is 153 Å². The van der Waals surface area contributed by atoms with Crippen LogP contribution in [0.1, 0.15) is 48.3 Å². The molecule has 3 aliphatic heterocycles. The van der Waals surface area contributed by atoms with Gasteiger partial charge in [0.1, 0.15) is 0 Å². The van der Waals surface area contributed by atoms with E-state index in [0.29, 0.717) is 18.2 Å². The largest absolute Gasteiger partial charge is 0.357 e. The highest BCUT2D eigenvalue weighted by molar-refractivity contribution is 5.85. The Bertz CT molecular complexity index is 947. The van der Waals surface area contributed by atoms with Crippen LogP contribution in [0.2, 0.25) is 0 Å². The highest BCUT2D eigenvalue weighted by Crippen LogP contribution is 2.51. The summed E-state index contributed by atoms with van der Waals surface area (Å²) in [5.74, 6) is 0. The summed E-state index contributed by atoms with van der Waals surface area (Å²) in [6.07, 6.45) is 9.39. The Balaban J connectivity index is 1.51. The third-order valence-electron chi connectivity index (χ3n) is 6.71. The van der Waals surface area contributed by atoms with Crippen LogP contribution in [-0.4, -0.2) is 38.9 Å². The molecular formula is C22H24N4. The highest BCUT2D eigenvalue weighted by atomic mass is 15.5. The summed E-state index contributed by atoms with van der Waals surface area (Å²) in [5.41, 5.74) is 5.73. The van der Waals surface area contributed by atoms with Gasteiger partial charge in [0, 0.05) is 48.1 Å². The quantitative estimate of drug-likeness (QED) is 0.724. The number of nitrogens with zero attached hydrogens (tertiary/aromatic N) is 3. The minimum atomic E-state index is 0.396. The van der Waals surface area contributed by atoms with Gasteiger partial charge in [0.05, 0.1) is 12.2 Å². The van der Waals surface area contributed by atoms with Crippen molar-refractivity contribution in [3.63, 3.8) is 0 Å². The molecule has 0 amide bonds. The molecule has 3 aromatic rings. The lowest BCUT2D eigenvalue weighted by Crippen LogP contribution is -2.38. The highest BCUT2D eigenvalue weighted by Gasteiger charge is 2.51. The van der Waals surface area contributed by atoms with Crippen molar-refractivity contribution in [2.75, 3.05) is 13.1 Å². The number of hydrogen-bond donors (Lipinski definition) is 1. The van der Waals surface area contributed by atoms with Gasteiger partial charge in [-0.2, -0.15) is 0 Å². The Morgan fingerprint density at radius 3 is 2.77 bits per heavy atom. The smallest absolute Gasteiger partial charge is 0.0896 e. The van der Waals surface area contributed by atoms with Crippen LogP contribution in [0.25, 0.3) is 10.9 Å². The number of nitrogens with one attached hydrogen (secondary N) is 1. The van der Waals surface area contributed by atoms with E-state index < -0.39 is 0 Å². The summed E-state index contributed by atoms with van der Waals surface area (Å²) < 4.78 is 0. The van der Waals surface area contributed by atoms with Crippen LogP contribution in [0.4, 0.5) is 0 Å². The molecule has 1 N–H and O–H groups in total. The topological polar surface area (TPSA) is 35.2 Å². The van der Waals surface area contributed by atoms with Gasteiger partial charge in [-0.25, -0.2) is 0 Å². The van der Waals surface area contributed by atoms with E-state index in [-0.39, 0.29) is 0 Å². The van der Waals surface area contributed by atoms with Crippen molar-refractivity contribution in [1.82, 2.24) is 19.8 Å². The second-order valence-electron chi connectivity index (χ2n) is 7.95. The number of benzene rings is 1. The van der Waals surface area contributed by atoms with Crippen molar-refractivity contribution in [3.05, 3.63) is 65.6 Å². The summed E-state index contributed by atoms with van der Waals surface area (Å²) >= 11 is 0. The standard InChI is InChI=1S/C22H24N4/c1-2-6-18-16(5-1)17-10-14-26-21(20(17)24-18)19-7-3-4-13-25(19)22(26)15-8-11-23-12-9-15/h1-2,5-6,8-9,11-12,19,21-22,24H,3-4,7,10,13-14H2. The van der Waals surface area contributed by atoms with Crippen LogP contribution >= 0.6 is 0 Å². The minimum Gasteiger partial charge on any atom is -0.357 e. The molecule has 0 spiro atoms. The average Bonchev–Trinajstić information content (AvgIpc) is 3.24. The fourth-order valence-corrected chi connectivity index (χ4v) is 5.71. The third-order valence-corrected chi connectivity index (χ3v) is 6.71. The molecule has 0 aliphatic carbocycles. The van der Waals surface area contributed by atoms with Crippen molar-refractivity contribution in [2.24, 2.45) is 0 Å². The van der Waals surface area contributed by atoms with Crippen LogP contribution < -0.4 is 0 Å². The van der Waals surface area contributed by atoms with Gasteiger partial charge in [-0.3, -0.25) is 14.8 Å². The Hall–Kier alpha value is -2.17. The Morgan fingerprint density at radius 2 is 1.85 bits per heavy atom. The van der Waals surface area contributed by atoms with Gasteiger partial charge >= 0.3 is 0 Å². The molecule has 0 saturated carbocycles. The van der Waals surface area contributed by atoms with E-state index in [4.69, 9.17) is 0 Å². The third kappa shape index (κ3) is 2.00. The molecule has 5 heterocycles. The van der Waals surface area contributed by atoms with Crippen molar-refractivity contribution < 1.29 is 0 Å². The first kappa shape index (κ1) is 14.9. The molecule has 3 atom stereocenters. The van der Waals surface area contributed by atoms with Gasteiger partial charge in [-0.1, -0.05) is 24.6 Å². The van der Waals surface area contributed by atoms with Crippen LogP contribution in [-0.2, 0) is 6.42 Å². The van der Waals surface area contributed by atoms with E-state index >= 15 is 0 Å². The Kier molecular flexibility index (Phi) is 3.25. The van der Waals surface area contributed by atoms with Gasteiger partial charge in [-0.15, -0.1) is 0 Å². The summed E-state index contributed by atoms with van der Waals surface area (Å²) in [6.45, 7) is 2.35. The number of aromatic amines is 1. The Morgan fingerprint density at radius 1 is 0.962 bits per heavy atom. The lowest BCUT2D eigenvalue weighted by molar-refractivity contribution is 0.0977. The number of rotatable bonds is 1. The monoisotopic (exact) mass is 344 g/mol. The first-order valence-corrected chi connectivity index (χ1v) is 9.93. The zero-order valence-corrected chi connectivity index (χ0v) is 14.9. The lowest BCUT2D eigenvalue weighted by Gasteiger charge is -2.35. The molecule has 2 saturated heterocycles. The molecule has 4 nitrogen and oxygen atoms in total. The van der Waals surface area contributed by atoms with E-state index in [1.165, 1.54) is 48.0 Å². The van der Waals surface area contributed by atoms with Crippen LogP contribution in [0.3, 0.4) is 0 Å². The zero-order chi connectivity index (χ0) is 17.1. The second-order valence-corrected chi connectivity index (χ2v) is 7.95. The van der Waals surface area contributed by atoms with Crippen LogP contribution in [0.15, 0.2) is 48.8 Å². The zero-order valence-electron chi connectivity index (χ0n) is 14.9. The fraction of sp³-hybridized carbons (Fsp3) is 0.409. The maximum absolute atomic E-state index is 4.25. The molecule has 0 radical (unpaired) electrons. The number of piperidine rings is 1. The maximum atomic E-state index is 4.25. The maximum Gasteiger partial charge on any atom is 0.0896 e. The number of para-hydroxylation sites is 1. The van der Waals surface area contributed by atoms with Crippen LogP contribution in [0.5, 0.6) is 0 Å². The number of H-pyrrole nitrogens is 1. The normalized spacial score (nSPS) is 28.7. The molecule has 132 valence electrons. The first-order chi connectivity index (χ1) is 12.9. The lowest BCUT2D eigenvalue weighted by atomic mass is 9.90. The first-order valence-electron chi connectivity index (χ1n) is 9.93. The molecule has 2 fully saturated rings. The molecule has 3 unspecified atom stereocenters. The number of pyridine rings is 1. The van der Waals surface area contributed by atoms with E-state index in [1.54, 1.807) is 5.56 Å². The SMILES string of the molecule is c1ccc2c3c([nH]c2c1)C1C2CCCCN2C(c2ccncc2)N1CC3. The molecular weight excluding hydrogens is 320 g/mol. The minimum absolute atomic E-state index is 0.396. The molecule has 2 aromatic heterocycles. The number of hydrogen-bond acceptors (Lipinski definition) is 3. The van der Waals surface area contributed by atoms with Gasteiger partial charge < -0.3 is 4.98 Å². The predicted octanol–water partition coefficient (Wildman–Crippen LogP) is 4.03. The van der Waals surface area contributed by atoms with Crippen molar-refractivity contribution in [3.8, 4) is 0 Å². The molecule has 0 bridgehead atoms. The summed E-state index contributed by atoms with van der Waals surface area (Å²) in [4.78, 5) is 13.6. The molecule has 4 heteroatoms. The van der Waals surface area contributed by atoms with Crippen molar-refractivity contribution in [2.45, 2.75) is 43.9 Å². The number of fused-ring (bicyclic) bond motifs is 7. The molecule has 6 rings (SSSR count). The second kappa shape index (κ2) is 5.66. The van der Waals surface area contributed by atoms with E-state index in [9.17, 15) is 0 Å². The van der Waals surface area contributed by atoms with Gasteiger partial charge in [0.2, 0.25) is 0 Å². The van der Waals surface area contributed by atoms with Crippen molar-refractivity contribution in [1.29, 1.82) is 0 Å². The predicted molar refractivity (Wildman–Crippen MR) is 103 cm³/mol. The molecule has 1 aromatic carbocycles. The fourth-order valence-electron chi connectivity index (χ4n) is 5.71. The van der Waals surface area contributed by atoms with Crippen molar-refractivity contribution >= 4 is 10.9 Å². The van der Waals surface area contributed by atoms with Gasteiger partial charge in [0.25, 0.3) is 0 Å². The van der Waals surface area contributed by atoms with E-state index in [1.807, 2.05) is 12.4 Å². The number of aromatic nitrogens is 2. The van der Waals surface area contributed by atoms with Gasteiger partial charge in [0.15, 0.2) is 0 Å². The molecule has 26 heavy (non-hydrogen) atoms. The van der Waals surface area contributed by atoms with Crippen LogP contribution in [0, 0.1) is 0 Å². The van der Waals surface area contributed by atoms with E-state index in [0.717, 1.165) is 13.0 Å². The average molecular weight is 344 g/mol. The van der Waals surface area contributed by atoms with E-state index in [2.05, 4.69) is 56.2 Å². The molecule has 3 aliphatic rings. The summed E-state index contributed by atoms with van der Waals surface area (Å²) in [5, 5.41) is 1.43.